The summed E-state index contributed by atoms with van der Waals surface area (Å²) >= 11 is 0. The Labute approximate surface area is 178 Å². The first-order chi connectivity index (χ1) is 14.0. The van der Waals surface area contributed by atoms with Gasteiger partial charge in [0, 0.05) is 24.3 Å². The van der Waals surface area contributed by atoms with Crippen molar-refractivity contribution in [2.45, 2.75) is 51.4 Å². The van der Waals surface area contributed by atoms with E-state index in [4.69, 9.17) is 14.6 Å². The van der Waals surface area contributed by atoms with Crippen LogP contribution in [0.15, 0.2) is 36.4 Å². The van der Waals surface area contributed by atoms with Crippen molar-refractivity contribution in [2.24, 2.45) is 0 Å². The van der Waals surface area contributed by atoms with E-state index in [1.165, 1.54) is 17.2 Å². The third kappa shape index (κ3) is 4.36. The Morgan fingerprint density at radius 3 is 2.27 bits per heavy atom. The molecule has 0 atom stereocenters. The SMILES string of the molecule is COCOc1cc2c(cc1-c1cc(/C=C/C(=O)O)ccc1O)C(C)(C)CCC2(C)C. The summed E-state index contributed by atoms with van der Waals surface area (Å²) in [6.45, 7) is 9.07. The maximum Gasteiger partial charge on any atom is 0.328 e. The van der Waals surface area contributed by atoms with Gasteiger partial charge < -0.3 is 19.7 Å². The Bertz CT molecular complexity index is 985. The summed E-state index contributed by atoms with van der Waals surface area (Å²) in [4.78, 5) is 10.9. The number of phenols is 1. The highest BCUT2D eigenvalue weighted by molar-refractivity contribution is 5.86. The van der Waals surface area contributed by atoms with Crippen LogP contribution in [0.2, 0.25) is 0 Å². The number of carboxylic acids is 1. The van der Waals surface area contributed by atoms with Gasteiger partial charge in [-0.05, 0) is 70.7 Å². The van der Waals surface area contributed by atoms with Gasteiger partial charge in [0.15, 0.2) is 6.79 Å². The molecule has 0 aliphatic heterocycles. The minimum absolute atomic E-state index is 0.00414. The summed E-state index contributed by atoms with van der Waals surface area (Å²) in [6.07, 6.45) is 4.73. The molecule has 0 unspecified atom stereocenters. The zero-order chi connectivity index (χ0) is 22.1. The monoisotopic (exact) mass is 410 g/mol. The molecule has 30 heavy (non-hydrogen) atoms. The largest absolute Gasteiger partial charge is 0.507 e. The number of methoxy groups -OCH3 is 1. The van der Waals surface area contributed by atoms with Crippen LogP contribution >= 0.6 is 0 Å². The molecule has 5 heteroatoms. The lowest BCUT2D eigenvalue weighted by atomic mass is 9.62. The molecule has 2 aromatic carbocycles. The van der Waals surface area contributed by atoms with Gasteiger partial charge in [-0.15, -0.1) is 0 Å². The van der Waals surface area contributed by atoms with Gasteiger partial charge >= 0.3 is 5.97 Å². The zero-order valence-electron chi connectivity index (χ0n) is 18.3. The molecule has 0 saturated heterocycles. The van der Waals surface area contributed by atoms with Crippen molar-refractivity contribution in [3.8, 4) is 22.6 Å². The standard InChI is InChI=1S/C25H30O5/c1-24(2)10-11-25(3,4)20-14-22(30-15-29-5)18(13-19(20)24)17-12-16(6-8-21(17)26)7-9-23(27)28/h6-9,12-14,26H,10-11,15H2,1-5H3,(H,27,28)/b9-7+. The molecule has 0 amide bonds. The van der Waals surface area contributed by atoms with Crippen molar-refractivity contribution in [3.05, 3.63) is 53.1 Å². The van der Waals surface area contributed by atoms with Gasteiger partial charge in [0.2, 0.25) is 0 Å². The van der Waals surface area contributed by atoms with Gasteiger partial charge in [-0.3, -0.25) is 0 Å². The summed E-state index contributed by atoms with van der Waals surface area (Å²) in [7, 11) is 1.57. The second-order valence-corrected chi connectivity index (χ2v) is 9.16. The van der Waals surface area contributed by atoms with Crippen LogP contribution in [0.1, 0.15) is 57.2 Å². The normalized spacial score (nSPS) is 17.0. The minimum Gasteiger partial charge on any atom is -0.507 e. The van der Waals surface area contributed by atoms with Gasteiger partial charge in [0.05, 0.1) is 0 Å². The molecule has 2 N–H and O–H groups in total. The molecule has 0 bridgehead atoms. The molecule has 0 spiro atoms. The molecule has 2 aromatic rings. The minimum atomic E-state index is -1.02. The first kappa shape index (κ1) is 21.9. The van der Waals surface area contributed by atoms with E-state index in [1.54, 1.807) is 25.3 Å². The van der Waals surface area contributed by atoms with E-state index in [2.05, 4.69) is 39.8 Å². The van der Waals surface area contributed by atoms with E-state index in [0.29, 0.717) is 16.9 Å². The quantitative estimate of drug-likeness (QED) is 0.486. The Balaban J connectivity index is 2.24. The van der Waals surface area contributed by atoms with Crippen molar-refractivity contribution < 1.29 is 24.5 Å². The van der Waals surface area contributed by atoms with Crippen LogP contribution in [0.25, 0.3) is 17.2 Å². The lowest BCUT2D eigenvalue weighted by Crippen LogP contribution is -2.34. The highest BCUT2D eigenvalue weighted by Gasteiger charge is 2.38. The molecular formula is C25H30O5. The maximum atomic E-state index is 10.9. The second kappa shape index (κ2) is 8.15. The Morgan fingerprint density at radius 1 is 1.03 bits per heavy atom. The van der Waals surface area contributed by atoms with Crippen LogP contribution in [0.3, 0.4) is 0 Å². The molecule has 160 valence electrons. The molecule has 3 rings (SSSR count). The fourth-order valence-electron chi connectivity index (χ4n) is 4.09. The van der Waals surface area contributed by atoms with Crippen molar-refractivity contribution in [3.63, 3.8) is 0 Å². The zero-order valence-corrected chi connectivity index (χ0v) is 18.3. The van der Waals surface area contributed by atoms with Crippen molar-refractivity contribution in [2.75, 3.05) is 13.9 Å². The number of phenolic OH excluding ortho intramolecular Hbond substituents is 1. The average molecular weight is 411 g/mol. The molecule has 0 heterocycles. The van der Waals surface area contributed by atoms with Crippen molar-refractivity contribution in [1.82, 2.24) is 0 Å². The van der Waals surface area contributed by atoms with Gasteiger partial charge in [-0.2, -0.15) is 0 Å². The molecule has 1 aliphatic rings. The Kier molecular flexibility index (Phi) is 5.95. The van der Waals surface area contributed by atoms with Crippen molar-refractivity contribution >= 4 is 12.0 Å². The van der Waals surface area contributed by atoms with Crippen LogP contribution in [0.4, 0.5) is 0 Å². The predicted octanol–water partition coefficient (Wildman–Crippen LogP) is 5.49. The van der Waals surface area contributed by atoms with Gasteiger partial charge in [-0.1, -0.05) is 33.8 Å². The highest BCUT2D eigenvalue weighted by Crippen LogP contribution is 2.50. The molecular weight excluding hydrogens is 380 g/mol. The molecule has 0 fully saturated rings. The van der Waals surface area contributed by atoms with Crippen LogP contribution < -0.4 is 4.74 Å². The summed E-state index contributed by atoms with van der Waals surface area (Å²) in [6, 6.07) is 9.22. The number of fused-ring (bicyclic) bond motifs is 1. The number of rotatable bonds is 6. The number of aliphatic carboxylic acids is 1. The number of carboxylic acid groups (broad SMARTS) is 1. The van der Waals surface area contributed by atoms with Gasteiger partial charge in [-0.25, -0.2) is 4.79 Å². The van der Waals surface area contributed by atoms with E-state index >= 15 is 0 Å². The fourth-order valence-corrected chi connectivity index (χ4v) is 4.09. The highest BCUT2D eigenvalue weighted by atomic mass is 16.7. The summed E-state index contributed by atoms with van der Waals surface area (Å²) in [5.74, 6) is -0.278. The third-order valence-electron chi connectivity index (χ3n) is 6.01. The molecule has 5 nitrogen and oxygen atoms in total. The second-order valence-electron chi connectivity index (χ2n) is 9.16. The smallest absolute Gasteiger partial charge is 0.328 e. The van der Waals surface area contributed by atoms with Crippen LogP contribution in [0.5, 0.6) is 11.5 Å². The van der Waals surface area contributed by atoms with Crippen molar-refractivity contribution in [1.29, 1.82) is 0 Å². The number of hydrogen-bond donors (Lipinski definition) is 2. The lowest BCUT2D eigenvalue weighted by Gasteiger charge is -2.42. The maximum absolute atomic E-state index is 10.9. The van der Waals surface area contributed by atoms with E-state index in [0.717, 1.165) is 24.5 Å². The number of aromatic hydroxyl groups is 1. The predicted molar refractivity (Wildman–Crippen MR) is 118 cm³/mol. The number of hydrogen-bond acceptors (Lipinski definition) is 4. The summed E-state index contributed by atoms with van der Waals surface area (Å²) < 4.78 is 11.0. The van der Waals surface area contributed by atoms with Gasteiger partial charge in [0.25, 0.3) is 0 Å². The van der Waals surface area contributed by atoms with Crippen LogP contribution in [0, 0.1) is 0 Å². The van der Waals surface area contributed by atoms with Crippen LogP contribution in [-0.2, 0) is 20.4 Å². The topological polar surface area (TPSA) is 76.0 Å². The number of benzene rings is 2. The van der Waals surface area contributed by atoms with E-state index in [1.807, 2.05) is 0 Å². The number of ether oxygens (including phenoxy) is 2. The average Bonchev–Trinajstić information content (AvgIpc) is 2.69. The fraction of sp³-hybridized carbons (Fsp3) is 0.400. The Hall–Kier alpha value is -2.79. The third-order valence-corrected chi connectivity index (χ3v) is 6.01. The number of carbonyl (C=O) groups is 1. The molecule has 0 radical (unpaired) electrons. The molecule has 0 aromatic heterocycles. The van der Waals surface area contributed by atoms with E-state index < -0.39 is 5.97 Å². The first-order valence-electron chi connectivity index (χ1n) is 10.1. The molecule has 1 aliphatic carbocycles. The summed E-state index contributed by atoms with van der Waals surface area (Å²) in [5, 5.41) is 19.6. The molecule has 0 saturated carbocycles. The van der Waals surface area contributed by atoms with E-state index in [-0.39, 0.29) is 23.4 Å². The summed E-state index contributed by atoms with van der Waals surface area (Å²) in [5.41, 5.74) is 4.54. The van der Waals surface area contributed by atoms with Gasteiger partial charge in [0.1, 0.15) is 11.5 Å². The lowest BCUT2D eigenvalue weighted by molar-refractivity contribution is -0.131. The Morgan fingerprint density at radius 2 is 1.67 bits per heavy atom. The first-order valence-corrected chi connectivity index (χ1v) is 10.1. The van der Waals surface area contributed by atoms with E-state index in [9.17, 15) is 9.90 Å². The van der Waals surface area contributed by atoms with Crippen LogP contribution in [-0.4, -0.2) is 30.1 Å².